The Kier molecular flexibility index (Phi) is 4.42. The Morgan fingerprint density at radius 3 is 1.43 bits per heavy atom. The van der Waals surface area contributed by atoms with Gasteiger partial charge in [-0.25, -0.2) is 0 Å². The Morgan fingerprint density at radius 2 is 0.851 bits per heavy atom. The van der Waals surface area contributed by atoms with Crippen molar-refractivity contribution in [3.8, 4) is 44.5 Å². The van der Waals surface area contributed by atoms with Gasteiger partial charge in [0.05, 0.1) is 20.6 Å². The molecule has 0 aliphatic carbocycles. The summed E-state index contributed by atoms with van der Waals surface area (Å²) in [5.41, 5.74) is 2.15. The number of hydrogen-bond acceptors (Lipinski definition) is 1. The van der Waals surface area contributed by atoms with Crippen molar-refractivity contribution in [2.24, 2.45) is 0 Å². The van der Waals surface area contributed by atoms with Crippen LogP contribution in [0.1, 0.15) is 20.6 Å². The Hall–Kier alpha value is -6.18. The maximum Gasteiger partial charge on any atom is 0.0645 e. The molecule has 0 aliphatic rings. The molecule has 0 N–H and O–H groups in total. The second kappa shape index (κ2) is 12.7. The molecule has 8 aromatic rings. The zero-order chi connectivity index (χ0) is 44.5. The smallest absolute Gasteiger partial charge is 0.0645 e. The van der Waals surface area contributed by atoms with E-state index in [9.17, 15) is 6.85 Å². The van der Waals surface area contributed by atoms with Gasteiger partial charge >= 0.3 is 0 Å². The minimum absolute atomic E-state index is 0.187. The van der Waals surface area contributed by atoms with Gasteiger partial charge in [-0.1, -0.05) is 163 Å². The molecule has 8 aromatic carbocycles. The minimum Gasteiger partial charge on any atom is -0.311 e. The van der Waals surface area contributed by atoms with E-state index in [-0.39, 0.29) is 5.69 Å². The number of rotatable bonds is 7. The van der Waals surface area contributed by atoms with Gasteiger partial charge in [0.15, 0.2) is 0 Å². The number of nitrogens with zero attached hydrogens (tertiary/aromatic N) is 1. The van der Waals surface area contributed by atoms with Gasteiger partial charge in [0, 0.05) is 17.1 Å². The van der Waals surface area contributed by atoms with E-state index in [1.165, 1.54) is 0 Å². The van der Waals surface area contributed by atoms with Crippen LogP contribution in [0.3, 0.4) is 0 Å². The molecule has 0 radical (unpaired) electrons. The van der Waals surface area contributed by atoms with Crippen LogP contribution in [0.15, 0.2) is 200 Å². The van der Waals surface area contributed by atoms with Gasteiger partial charge in [0.2, 0.25) is 0 Å². The van der Waals surface area contributed by atoms with Crippen LogP contribution in [0.5, 0.6) is 0 Å². The van der Waals surface area contributed by atoms with Crippen LogP contribution < -0.4 is 4.90 Å². The molecule has 0 atom stereocenters. The molecule has 0 aromatic heterocycles. The molecule has 0 fully saturated rings. The minimum atomic E-state index is -0.806. The van der Waals surface area contributed by atoms with E-state index in [1.54, 1.807) is 29.2 Å². The van der Waals surface area contributed by atoms with E-state index in [0.29, 0.717) is 11.4 Å². The highest BCUT2D eigenvalue weighted by atomic mass is 15.1. The number of fused-ring (bicyclic) bond motifs is 1. The lowest BCUT2D eigenvalue weighted by Gasteiger charge is -2.26. The van der Waals surface area contributed by atoms with Crippen molar-refractivity contribution in [1.82, 2.24) is 0 Å². The molecular formula is C46H33N. The maximum atomic E-state index is 9.57. The molecule has 0 saturated heterocycles. The van der Waals surface area contributed by atoms with Gasteiger partial charge < -0.3 is 4.90 Å². The normalized spacial score (nSPS) is 15.4. The largest absolute Gasteiger partial charge is 0.311 e. The van der Waals surface area contributed by atoms with Crippen LogP contribution >= 0.6 is 0 Å². The van der Waals surface area contributed by atoms with E-state index in [4.69, 9.17) is 13.7 Å². The summed E-state index contributed by atoms with van der Waals surface area (Å²) in [6, 6.07) is 22.8. The van der Waals surface area contributed by atoms with Gasteiger partial charge in [0.1, 0.15) is 0 Å². The lowest BCUT2D eigenvalue weighted by molar-refractivity contribution is 1.28. The van der Waals surface area contributed by atoms with Gasteiger partial charge in [-0.05, 0) is 91.6 Å². The zero-order valence-corrected chi connectivity index (χ0v) is 24.8. The highest BCUT2D eigenvalue weighted by molar-refractivity contribution is 6.04. The SMILES string of the molecule is [2H]c1c([2H])c([2H])c(-c2c(-c3c([2H])c([2H])c(N(c4ccc(-c5ccccc5)cc4)c4ccc(-c5ccccc5)cc4)c([2H])c3[2H])c([2H])c([2H])c3c([2H])c([2H])c([2H])c([2H])c23)c([2H])c1[2H]. The second-order valence-corrected chi connectivity index (χ2v) is 10.6. The molecule has 222 valence electrons. The summed E-state index contributed by atoms with van der Waals surface area (Å²) in [5, 5.41) is -0.965. The molecule has 0 bridgehead atoms. The van der Waals surface area contributed by atoms with Crippen molar-refractivity contribution in [1.29, 1.82) is 0 Å². The van der Waals surface area contributed by atoms with Crippen molar-refractivity contribution < 1.29 is 20.6 Å². The van der Waals surface area contributed by atoms with Crippen molar-refractivity contribution in [3.05, 3.63) is 200 Å². The Bertz CT molecular complexity index is 2960. The van der Waals surface area contributed by atoms with Crippen LogP contribution in [0, 0.1) is 0 Å². The van der Waals surface area contributed by atoms with Gasteiger partial charge in [-0.3, -0.25) is 0 Å². The molecule has 1 nitrogen and oxygen atoms in total. The summed E-state index contributed by atoms with van der Waals surface area (Å²) < 4.78 is 134. The van der Waals surface area contributed by atoms with Crippen LogP contribution in [0.4, 0.5) is 17.1 Å². The van der Waals surface area contributed by atoms with Crippen LogP contribution in [0.25, 0.3) is 55.3 Å². The average molecular weight is 615 g/mol. The fourth-order valence-corrected chi connectivity index (χ4v) is 5.54. The van der Waals surface area contributed by atoms with Crippen LogP contribution in [-0.2, 0) is 0 Å². The maximum absolute atomic E-state index is 9.57. The molecule has 0 saturated carbocycles. The lowest BCUT2D eigenvalue weighted by Crippen LogP contribution is -2.09. The summed E-state index contributed by atoms with van der Waals surface area (Å²) >= 11 is 0. The third-order valence-electron chi connectivity index (χ3n) is 7.80. The number of benzene rings is 8. The zero-order valence-electron chi connectivity index (χ0n) is 39.8. The Morgan fingerprint density at radius 1 is 0.340 bits per heavy atom. The summed E-state index contributed by atoms with van der Waals surface area (Å²) in [6.07, 6.45) is 0. The summed E-state index contributed by atoms with van der Waals surface area (Å²) in [4.78, 5) is 1.57. The van der Waals surface area contributed by atoms with Crippen LogP contribution in [0.2, 0.25) is 0 Å². The van der Waals surface area contributed by atoms with Crippen molar-refractivity contribution >= 4 is 27.8 Å². The monoisotopic (exact) mass is 614 g/mol. The van der Waals surface area contributed by atoms with E-state index in [1.807, 2.05) is 84.9 Å². The van der Waals surface area contributed by atoms with Gasteiger partial charge in [-0.15, -0.1) is 0 Å². The summed E-state index contributed by atoms with van der Waals surface area (Å²) in [7, 11) is 0. The van der Waals surface area contributed by atoms with Crippen molar-refractivity contribution in [2.75, 3.05) is 4.90 Å². The third kappa shape index (κ3) is 5.72. The molecule has 8 rings (SSSR count). The quantitative estimate of drug-likeness (QED) is 0.173. The van der Waals surface area contributed by atoms with E-state index < -0.39 is 124 Å². The highest BCUT2D eigenvalue weighted by Crippen LogP contribution is 2.41. The van der Waals surface area contributed by atoms with E-state index >= 15 is 0 Å². The summed E-state index contributed by atoms with van der Waals surface area (Å²) in [6.45, 7) is 0. The van der Waals surface area contributed by atoms with Crippen molar-refractivity contribution in [2.45, 2.75) is 0 Å². The fourth-order valence-electron chi connectivity index (χ4n) is 5.54. The molecule has 0 spiro atoms. The molecule has 47 heavy (non-hydrogen) atoms. The van der Waals surface area contributed by atoms with E-state index in [0.717, 1.165) is 22.3 Å². The topological polar surface area (TPSA) is 3.24 Å². The second-order valence-electron chi connectivity index (χ2n) is 10.6. The van der Waals surface area contributed by atoms with E-state index in [2.05, 4.69) is 0 Å². The predicted octanol–water partition coefficient (Wildman–Crippen LogP) is 13.0. The molecule has 0 amide bonds. The third-order valence-corrected chi connectivity index (χ3v) is 7.80. The lowest BCUT2D eigenvalue weighted by atomic mass is 9.90. The number of hydrogen-bond donors (Lipinski definition) is 0. The number of anilines is 3. The fraction of sp³-hybridized carbons (Fsp3) is 0. The van der Waals surface area contributed by atoms with Crippen molar-refractivity contribution in [3.63, 3.8) is 0 Å². The predicted molar refractivity (Wildman–Crippen MR) is 200 cm³/mol. The Labute approximate surface area is 297 Å². The average Bonchev–Trinajstić information content (AvgIpc) is 3.29. The standard InChI is InChI=1S/C46H33N/c1-4-12-34(13-5-1)36-20-27-41(28-21-36)47(42-29-22-37(23-30-42)35-14-6-2-7-15-35)43-31-24-39(25-32-43)45-33-26-38-16-10-11-19-44(38)46(45)40-17-8-3-9-18-40/h1-33H/i3D,8D,9D,10D,11D,16D,17D,18D,19D,24D,25D,26D,31D,32D,33D. The van der Waals surface area contributed by atoms with Gasteiger partial charge in [0.25, 0.3) is 0 Å². The first kappa shape index (κ1) is 16.4. The summed E-state index contributed by atoms with van der Waals surface area (Å²) in [5.74, 6) is 0. The molecule has 0 aliphatic heterocycles. The highest BCUT2D eigenvalue weighted by Gasteiger charge is 2.16. The first-order valence-electron chi connectivity index (χ1n) is 22.4. The molecule has 1 heteroatoms. The first-order chi connectivity index (χ1) is 29.6. The molecule has 0 heterocycles. The van der Waals surface area contributed by atoms with Gasteiger partial charge in [-0.2, -0.15) is 0 Å². The molecular weight excluding hydrogens is 567 g/mol. The molecule has 0 unspecified atom stereocenters. The first-order valence-corrected chi connectivity index (χ1v) is 14.9. The van der Waals surface area contributed by atoms with Crippen LogP contribution in [-0.4, -0.2) is 0 Å². The Balaban J connectivity index is 1.45.